The lowest BCUT2D eigenvalue weighted by Crippen LogP contribution is -2.46. The topological polar surface area (TPSA) is 149 Å². The minimum atomic E-state index is -0.655. The smallest absolute Gasteiger partial charge is 0.234 e. The fourth-order valence-electron chi connectivity index (χ4n) is 4.04. The van der Waals surface area contributed by atoms with Crippen LogP contribution in [0.2, 0.25) is 0 Å². The van der Waals surface area contributed by atoms with Gasteiger partial charge in [-0.2, -0.15) is 10.4 Å². The number of carbonyl (C=O) groups is 1. The second-order valence-corrected chi connectivity index (χ2v) is 9.85. The highest BCUT2D eigenvalue weighted by Crippen LogP contribution is 2.31. The van der Waals surface area contributed by atoms with E-state index in [1.807, 2.05) is 31.7 Å². The highest BCUT2D eigenvalue weighted by Gasteiger charge is 2.26. The molecule has 3 heterocycles. The summed E-state index contributed by atoms with van der Waals surface area (Å²) >= 11 is 1.38. The molecule has 0 aliphatic carbocycles. The number of nitrogens with one attached hydrogen (secondary N) is 1. The molecule has 190 valence electrons. The first kappa shape index (κ1) is 25.7. The molecule has 11 nitrogen and oxygen atoms in total. The number of carbonyl (C=O) groups excluding carboxylic acids is 1. The number of hydrogen-bond donors (Lipinski definition) is 3. The van der Waals surface area contributed by atoms with Crippen molar-refractivity contribution >= 4 is 17.2 Å². The van der Waals surface area contributed by atoms with Crippen molar-refractivity contribution in [3.05, 3.63) is 40.7 Å². The van der Waals surface area contributed by atoms with Gasteiger partial charge in [-0.3, -0.25) is 9.69 Å². The molecule has 0 radical (unpaired) electrons. The van der Waals surface area contributed by atoms with Gasteiger partial charge in [0.05, 0.1) is 43.2 Å². The zero-order valence-electron chi connectivity index (χ0n) is 20.4. The van der Waals surface area contributed by atoms with E-state index in [0.717, 1.165) is 22.5 Å². The number of aliphatic hydroxyl groups excluding tert-OH is 2. The molecule has 0 atom stereocenters. The molecule has 0 unspecified atom stereocenters. The van der Waals surface area contributed by atoms with E-state index in [9.17, 15) is 20.3 Å². The molecule has 1 aliphatic rings. The second kappa shape index (κ2) is 11.1. The number of nitrogens with zero attached hydrogens (tertiary/aromatic N) is 6. The highest BCUT2D eigenvalue weighted by molar-refractivity contribution is 7.17. The standard InChI is InChI=1S/C24H29N7O4S/c1-14(2)35-21-5-4-16(8-17(21)9-25)23-27-28-24(36-23)31-15(3)19-10-30(7-6-20(19)29-31)11-22(34)26-18(12-32)13-33/h4-5,8,14,18,32-33H,6-7,10-13H2,1-3H3,(H,26,34). The minimum Gasteiger partial charge on any atom is -0.490 e. The van der Waals surface area contributed by atoms with E-state index in [4.69, 9.17) is 9.84 Å². The maximum absolute atomic E-state index is 12.3. The Morgan fingerprint density at radius 1 is 1.31 bits per heavy atom. The van der Waals surface area contributed by atoms with Crippen molar-refractivity contribution in [1.82, 2.24) is 30.2 Å². The second-order valence-electron chi connectivity index (χ2n) is 8.89. The van der Waals surface area contributed by atoms with E-state index in [1.165, 1.54) is 11.3 Å². The molecule has 1 aliphatic heterocycles. The third kappa shape index (κ3) is 5.55. The number of ether oxygens (including phenoxy) is 1. The van der Waals surface area contributed by atoms with Crippen LogP contribution in [0.25, 0.3) is 15.7 Å². The molecule has 0 saturated carbocycles. The molecule has 0 saturated heterocycles. The zero-order chi connectivity index (χ0) is 25.8. The van der Waals surface area contributed by atoms with E-state index < -0.39 is 6.04 Å². The quantitative estimate of drug-likeness (QED) is 0.385. The van der Waals surface area contributed by atoms with Crippen LogP contribution in [0.3, 0.4) is 0 Å². The van der Waals surface area contributed by atoms with Crippen LogP contribution in [0, 0.1) is 18.3 Å². The van der Waals surface area contributed by atoms with E-state index in [1.54, 1.807) is 16.8 Å². The van der Waals surface area contributed by atoms with E-state index in [2.05, 4.69) is 21.6 Å². The van der Waals surface area contributed by atoms with Crippen LogP contribution in [0.15, 0.2) is 18.2 Å². The molecule has 1 amide bonds. The monoisotopic (exact) mass is 511 g/mol. The average molecular weight is 512 g/mol. The lowest BCUT2D eigenvalue weighted by Gasteiger charge is -2.26. The maximum Gasteiger partial charge on any atom is 0.234 e. The lowest BCUT2D eigenvalue weighted by molar-refractivity contribution is -0.123. The lowest BCUT2D eigenvalue weighted by atomic mass is 10.1. The molecule has 1 aromatic carbocycles. The molecular formula is C24H29N7O4S. The van der Waals surface area contributed by atoms with Crippen LogP contribution >= 0.6 is 11.3 Å². The Kier molecular flexibility index (Phi) is 7.95. The Bertz CT molecular complexity index is 1280. The van der Waals surface area contributed by atoms with Crippen LogP contribution in [-0.4, -0.2) is 79.4 Å². The van der Waals surface area contributed by atoms with Crippen LogP contribution in [0.4, 0.5) is 0 Å². The first-order chi connectivity index (χ1) is 17.3. The van der Waals surface area contributed by atoms with Gasteiger partial charge in [0.2, 0.25) is 11.0 Å². The molecule has 2 aromatic heterocycles. The Hall–Kier alpha value is -3.37. The van der Waals surface area contributed by atoms with Crippen molar-refractivity contribution in [1.29, 1.82) is 5.26 Å². The molecule has 3 aromatic rings. The summed E-state index contributed by atoms with van der Waals surface area (Å²) in [6.07, 6.45) is 0.655. The normalized spacial score (nSPS) is 13.6. The van der Waals surface area contributed by atoms with Crippen molar-refractivity contribution < 1.29 is 19.7 Å². The van der Waals surface area contributed by atoms with Crippen molar-refractivity contribution in [3.63, 3.8) is 0 Å². The molecule has 0 bridgehead atoms. The fourth-order valence-corrected chi connectivity index (χ4v) is 4.88. The van der Waals surface area contributed by atoms with Gasteiger partial charge in [-0.25, -0.2) is 4.68 Å². The van der Waals surface area contributed by atoms with Crippen LogP contribution in [-0.2, 0) is 17.8 Å². The van der Waals surface area contributed by atoms with Gasteiger partial charge < -0.3 is 20.3 Å². The predicted octanol–water partition coefficient (Wildman–Crippen LogP) is 1.19. The Morgan fingerprint density at radius 3 is 2.78 bits per heavy atom. The Morgan fingerprint density at radius 2 is 2.08 bits per heavy atom. The van der Waals surface area contributed by atoms with Crippen molar-refractivity contribution in [2.24, 2.45) is 0 Å². The summed E-state index contributed by atoms with van der Waals surface area (Å²) in [4.78, 5) is 14.3. The molecule has 0 fully saturated rings. The van der Waals surface area contributed by atoms with E-state index >= 15 is 0 Å². The van der Waals surface area contributed by atoms with Crippen LogP contribution in [0.1, 0.15) is 36.4 Å². The summed E-state index contributed by atoms with van der Waals surface area (Å²) in [5.41, 5.74) is 4.17. The average Bonchev–Trinajstić information content (AvgIpc) is 3.47. The minimum absolute atomic E-state index is 0.0341. The van der Waals surface area contributed by atoms with Gasteiger partial charge in [-0.15, -0.1) is 10.2 Å². The maximum atomic E-state index is 12.3. The summed E-state index contributed by atoms with van der Waals surface area (Å²) in [7, 11) is 0. The number of aliphatic hydroxyl groups is 2. The Balaban J connectivity index is 1.50. The summed E-state index contributed by atoms with van der Waals surface area (Å²) in [6.45, 7) is 6.57. The summed E-state index contributed by atoms with van der Waals surface area (Å²) in [5.74, 6) is 0.296. The van der Waals surface area contributed by atoms with E-state index in [0.29, 0.717) is 41.0 Å². The van der Waals surface area contributed by atoms with E-state index in [-0.39, 0.29) is 31.8 Å². The third-order valence-corrected chi connectivity index (χ3v) is 6.80. The number of rotatable bonds is 9. The summed E-state index contributed by atoms with van der Waals surface area (Å²) in [6, 6.07) is 6.93. The van der Waals surface area contributed by atoms with Crippen molar-refractivity contribution in [2.75, 3.05) is 26.3 Å². The van der Waals surface area contributed by atoms with Gasteiger partial charge in [0, 0.05) is 36.3 Å². The zero-order valence-corrected chi connectivity index (χ0v) is 21.2. The van der Waals surface area contributed by atoms with Gasteiger partial charge >= 0.3 is 0 Å². The molecule has 4 rings (SSSR count). The number of aromatic nitrogens is 4. The molecular weight excluding hydrogens is 482 g/mol. The third-order valence-electron chi connectivity index (χ3n) is 5.85. The largest absolute Gasteiger partial charge is 0.490 e. The fraction of sp³-hybridized carbons (Fsp3) is 0.458. The number of nitriles is 1. The van der Waals surface area contributed by atoms with Gasteiger partial charge in [0.1, 0.15) is 16.8 Å². The highest BCUT2D eigenvalue weighted by atomic mass is 32.1. The predicted molar refractivity (Wildman–Crippen MR) is 133 cm³/mol. The first-order valence-corrected chi connectivity index (χ1v) is 12.5. The number of amides is 1. The summed E-state index contributed by atoms with van der Waals surface area (Å²) in [5, 5.41) is 45.2. The van der Waals surface area contributed by atoms with Gasteiger partial charge in [-0.05, 0) is 39.0 Å². The summed E-state index contributed by atoms with van der Waals surface area (Å²) < 4.78 is 7.49. The first-order valence-electron chi connectivity index (χ1n) is 11.7. The number of fused-ring (bicyclic) bond motifs is 1. The van der Waals surface area contributed by atoms with Crippen molar-refractivity contribution in [3.8, 4) is 27.5 Å². The van der Waals surface area contributed by atoms with Crippen LogP contribution in [0.5, 0.6) is 5.75 Å². The van der Waals surface area contributed by atoms with Gasteiger partial charge in [0.25, 0.3) is 0 Å². The van der Waals surface area contributed by atoms with Crippen LogP contribution < -0.4 is 10.1 Å². The molecule has 12 heteroatoms. The van der Waals surface area contributed by atoms with Crippen molar-refractivity contribution in [2.45, 2.75) is 45.9 Å². The number of hydrogen-bond acceptors (Lipinski definition) is 10. The van der Waals surface area contributed by atoms with Gasteiger partial charge in [-0.1, -0.05) is 11.3 Å². The SMILES string of the molecule is Cc1c2c(nn1-c1nnc(-c3ccc(OC(C)C)c(C#N)c3)s1)CCN(CC(=O)NC(CO)CO)C2. The number of benzene rings is 1. The Labute approximate surface area is 213 Å². The van der Waals surface area contributed by atoms with Gasteiger partial charge in [0.15, 0.2) is 0 Å². The molecule has 0 spiro atoms. The molecule has 36 heavy (non-hydrogen) atoms. The molecule has 3 N–H and O–H groups in total.